The first-order valence-corrected chi connectivity index (χ1v) is 7.14. The minimum atomic E-state index is 0.205. The van der Waals surface area contributed by atoms with Crippen LogP contribution in [-0.4, -0.2) is 33.4 Å². The zero-order valence-electron chi connectivity index (χ0n) is 12.2. The maximum atomic E-state index is 5.70. The smallest absolute Gasteiger partial charge is 0.119 e. The Hall–Kier alpha value is -1.36. The number of hydrogen-bond acceptors (Lipinski definition) is 4. The highest BCUT2D eigenvalue weighted by atomic mass is 16.5. The molecule has 0 atom stereocenters. The molecule has 0 amide bonds. The molecule has 2 N–H and O–H groups in total. The number of hydrogen-bond donors (Lipinski definition) is 2. The Morgan fingerprint density at radius 2 is 1.75 bits per heavy atom. The highest BCUT2D eigenvalue weighted by Crippen LogP contribution is 2.18. The van der Waals surface area contributed by atoms with E-state index in [4.69, 9.17) is 9.47 Å². The zero-order valence-corrected chi connectivity index (χ0v) is 12.2. The van der Waals surface area contributed by atoms with E-state index in [0.29, 0.717) is 0 Å². The Morgan fingerprint density at radius 1 is 1.10 bits per heavy atom. The SMILES string of the molecule is C=C1CNC(c2ccc(OCCCCOC)cc2)NC1. The van der Waals surface area contributed by atoms with E-state index in [1.54, 1.807) is 7.11 Å². The fraction of sp³-hybridized carbons (Fsp3) is 0.500. The van der Waals surface area contributed by atoms with E-state index in [0.717, 1.165) is 44.9 Å². The van der Waals surface area contributed by atoms with Gasteiger partial charge in [0.15, 0.2) is 0 Å². The summed E-state index contributed by atoms with van der Waals surface area (Å²) in [4.78, 5) is 0. The maximum absolute atomic E-state index is 5.70. The second kappa shape index (κ2) is 8.04. The Balaban J connectivity index is 1.76. The zero-order chi connectivity index (χ0) is 14.2. The molecule has 0 unspecified atom stereocenters. The van der Waals surface area contributed by atoms with Crippen molar-refractivity contribution in [2.24, 2.45) is 0 Å². The topological polar surface area (TPSA) is 42.5 Å². The molecular weight excluding hydrogens is 252 g/mol. The minimum Gasteiger partial charge on any atom is -0.494 e. The van der Waals surface area contributed by atoms with E-state index >= 15 is 0 Å². The van der Waals surface area contributed by atoms with Crippen LogP contribution in [0.2, 0.25) is 0 Å². The maximum Gasteiger partial charge on any atom is 0.119 e. The van der Waals surface area contributed by atoms with Gasteiger partial charge in [0, 0.05) is 26.8 Å². The highest BCUT2D eigenvalue weighted by Gasteiger charge is 2.15. The third-order valence-electron chi connectivity index (χ3n) is 3.34. The molecule has 1 saturated heterocycles. The van der Waals surface area contributed by atoms with Gasteiger partial charge in [0.05, 0.1) is 12.8 Å². The normalized spacial score (nSPS) is 16.4. The Labute approximate surface area is 121 Å². The van der Waals surface area contributed by atoms with Gasteiger partial charge < -0.3 is 9.47 Å². The molecule has 1 aliphatic rings. The van der Waals surface area contributed by atoms with Crippen molar-refractivity contribution < 1.29 is 9.47 Å². The summed E-state index contributed by atoms with van der Waals surface area (Å²) < 4.78 is 10.7. The summed E-state index contributed by atoms with van der Waals surface area (Å²) in [6, 6.07) is 8.25. The fourth-order valence-corrected chi connectivity index (χ4v) is 2.16. The van der Waals surface area contributed by atoms with Crippen molar-refractivity contribution in [3.63, 3.8) is 0 Å². The molecular formula is C16H24N2O2. The van der Waals surface area contributed by atoms with Crippen molar-refractivity contribution in [2.45, 2.75) is 19.0 Å². The average Bonchev–Trinajstić information content (AvgIpc) is 2.49. The van der Waals surface area contributed by atoms with Gasteiger partial charge in [0.25, 0.3) is 0 Å². The quantitative estimate of drug-likeness (QED) is 0.592. The van der Waals surface area contributed by atoms with Gasteiger partial charge in [-0.25, -0.2) is 0 Å². The molecule has 2 rings (SSSR count). The summed E-state index contributed by atoms with van der Waals surface area (Å²) in [5.41, 5.74) is 2.42. The van der Waals surface area contributed by atoms with Crippen LogP contribution in [0, 0.1) is 0 Å². The molecule has 1 aromatic rings. The highest BCUT2D eigenvalue weighted by molar-refractivity contribution is 5.29. The third kappa shape index (κ3) is 4.63. The summed E-state index contributed by atoms with van der Waals surface area (Å²) >= 11 is 0. The predicted molar refractivity (Wildman–Crippen MR) is 80.9 cm³/mol. The van der Waals surface area contributed by atoms with E-state index in [-0.39, 0.29) is 6.17 Å². The summed E-state index contributed by atoms with van der Waals surface area (Å²) in [6.45, 7) is 7.24. The lowest BCUT2D eigenvalue weighted by molar-refractivity contribution is 0.184. The molecule has 1 aromatic carbocycles. The molecule has 0 radical (unpaired) electrons. The first-order valence-electron chi connectivity index (χ1n) is 7.14. The van der Waals surface area contributed by atoms with Crippen LogP contribution in [0.1, 0.15) is 24.6 Å². The van der Waals surface area contributed by atoms with Crippen molar-refractivity contribution in [3.8, 4) is 5.75 Å². The Bertz CT molecular complexity index is 407. The van der Waals surface area contributed by atoms with E-state index < -0.39 is 0 Å². The van der Waals surface area contributed by atoms with Gasteiger partial charge in [-0.15, -0.1) is 0 Å². The van der Waals surface area contributed by atoms with Gasteiger partial charge in [-0.05, 0) is 36.1 Å². The van der Waals surface area contributed by atoms with E-state index in [1.807, 2.05) is 12.1 Å². The molecule has 0 bridgehead atoms. The van der Waals surface area contributed by atoms with Crippen LogP contribution < -0.4 is 15.4 Å². The summed E-state index contributed by atoms with van der Waals surface area (Å²) in [7, 11) is 1.72. The summed E-state index contributed by atoms with van der Waals surface area (Å²) in [5.74, 6) is 0.923. The van der Waals surface area contributed by atoms with Gasteiger partial charge in [0.2, 0.25) is 0 Å². The van der Waals surface area contributed by atoms with Crippen LogP contribution in [0.4, 0.5) is 0 Å². The number of unbranched alkanes of at least 4 members (excludes halogenated alkanes) is 1. The van der Waals surface area contributed by atoms with Crippen LogP contribution in [0.15, 0.2) is 36.4 Å². The molecule has 1 heterocycles. The number of methoxy groups -OCH3 is 1. The van der Waals surface area contributed by atoms with Crippen LogP contribution in [0.5, 0.6) is 5.75 Å². The molecule has 0 saturated carbocycles. The van der Waals surface area contributed by atoms with E-state index in [2.05, 4.69) is 29.3 Å². The molecule has 4 nitrogen and oxygen atoms in total. The average molecular weight is 276 g/mol. The minimum absolute atomic E-state index is 0.205. The standard InChI is InChI=1S/C16H24N2O2/c1-13-11-17-16(18-12-13)14-5-7-15(8-6-14)20-10-4-3-9-19-2/h5-8,16-18H,1,3-4,9-12H2,2H3. The van der Waals surface area contributed by atoms with Gasteiger partial charge in [-0.2, -0.15) is 0 Å². The molecule has 110 valence electrons. The van der Waals surface area contributed by atoms with E-state index in [1.165, 1.54) is 11.1 Å². The largest absolute Gasteiger partial charge is 0.494 e. The van der Waals surface area contributed by atoms with Gasteiger partial charge in [-0.1, -0.05) is 18.7 Å². The van der Waals surface area contributed by atoms with Crippen molar-refractivity contribution in [1.29, 1.82) is 0 Å². The van der Waals surface area contributed by atoms with Crippen LogP contribution >= 0.6 is 0 Å². The third-order valence-corrected chi connectivity index (χ3v) is 3.34. The van der Waals surface area contributed by atoms with Gasteiger partial charge in [-0.3, -0.25) is 10.6 Å². The van der Waals surface area contributed by atoms with Crippen LogP contribution in [0.25, 0.3) is 0 Å². The lowest BCUT2D eigenvalue weighted by atomic mass is 10.1. The Kier molecular flexibility index (Phi) is 6.05. The number of nitrogens with one attached hydrogen (secondary N) is 2. The lowest BCUT2D eigenvalue weighted by Crippen LogP contribution is -2.42. The van der Waals surface area contributed by atoms with Gasteiger partial charge in [0.1, 0.15) is 5.75 Å². The monoisotopic (exact) mass is 276 g/mol. The fourth-order valence-electron chi connectivity index (χ4n) is 2.16. The second-order valence-electron chi connectivity index (χ2n) is 5.06. The number of ether oxygens (including phenoxy) is 2. The summed E-state index contributed by atoms with van der Waals surface area (Å²) in [6.07, 6.45) is 2.26. The Morgan fingerprint density at radius 3 is 2.40 bits per heavy atom. The summed E-state index contributed by atoms with van der Waals surface area (Å²) in [5, 5.41) is 6.81. The van der Waals surface area contributed by atoms with Gasteiger partial charge >= 0.3 is 0 Å². The predicted octanol–water partition coefficient (Wildman–Crippen LogP) is 2.24. The molecule has 4 heteroatoms. The molecule has 20 heavy (non-hydrogen) atoms. The number of benzene rings is 1. The molecule has 1 fully saturated rings. The first kappa shape index (κ1) is 15.0. The van der Waals surface area contributed by atoms with Crippen molar-refractivity contribution in [2.75, 3.05) is 33.4 Å². The second-order valence-corrected chi connectivity index (χ2v) is 5.06. The molecule has 1 aliphatic heterocycles. The van der Waals surface area contributed by atoms with Crippen molar-refractivity contribution >= 4 is 0 Å². The first-order chi connectivity index (χ1) is 9.79. The molecule has 0 aliphatic carbocycles. The van der Waals surface area contributed by atoms with Crippen LogP contribution in [-0.2, 0) is 4.74 Å². The molecule has 0 aromatic heterocycles. The number of rotatable bonds is 7. The van der Waals surface area contributed by atoms with E-state index in [9.17, 15) is 0 Å². The van der Waals surface area contributed by atoms with Crippen molar-refractivity contribution in [1.82, 2.24) is 10.6 Å². The lowest BCUT2D eigenvalue weighted by Gasteiger charge is -2.27. The van der Waals surface area contributed by atoms with Crippen molar-refractivity contribution in [3.05, 3.63) is 42.0 Å². The molecule has 0 spiro atoms. The van der Waals surface area contributed by atoms with Crippen LogP contribution in [0.3, 0.4) is 0 Å².